The van der Waals surface area contributed by atoms with Gasteiger partial charge in [-0.3, -0.25) is 10.3 Å². The molecule has 0 aliphatic carbocycles. The van der Waals surface area contributed by atoms with Crippen LogP contribution >= 0.6 is 0 Å². The highest BCUT2D eigenvalue weighted by Gasteiger charge is 2.31. The molecule has 1 saturated heterocycles. The molecular weight excluding hydrogens is 323 g/mol. The van der Waals surface area contributed by atoms with Crippen LogP contribution in [0.25, 0.3) is 0 Å². The minimum atomic E-state index is -4.33. The third-order valence-corrected chi connectivity index (χ3v) is 3.39. The molecule has 5 nitrogen and oxygen atoms in total. The van der Waals surface area contributed by atoms with Gasteiger partial charge in [0, 0.05) is 19.6 Å². The van der Waals surface area contributed by atoms with Crippen molar-refractivity contribution >= 4 is 6.09 Å². The highest BCUT2D eigenvalue weighted by Crippen LogP contribution is 2.30. The Morgan fingerprint density at radius 3 is 2.54 bits per heavy atom. The van der Waals surface area contributed by atoms with Crippen molar-refractivity contribution in [3.05, 3.63) is 35.4 Å². The van der Waals surface area contributed by atoms with Crippen LogP contribution in [-0.2, 0) is 17.5 Å². The van der Waals surface area contributed by atoms with E-state index in [0.717, 1.165) is 6.07 Å². The first-order chi connectivity index (χ1) is 11.0. The smallest absolute Gasteiger partial charge is 0.422 e. The van der Waals surface area contributed by atoms with E-state index in [-0.39, 0.29) is 6.04 Å². The molecule has 1 aliphatic heterocycles. The van der Waals surface area contributed by atoms with Gasteiger partial charge in [0.05, 0.1) is 11.6 Å². The molecule has 8 heteroatoms. The van der Waals surface area contributed by atoms with Gasteiger partial charge in [-0.1, -0.05) is 18.2 Å². The molecule has 1 aromatic carbocycles. The standard InChI is InChI=1S/C16H22F3N3O2/c1-15(2,3)24-14(23)21-20-13-9-22(10-13)8-11-5-4-6-12(7-11)16(17,18)19/h4-7,13,20H,8-10H2,1-3H3,(H,21,23). The zero-order valence-electron chi connectivity index (χ0n) is 13.9. The first kappa shape index (κ1) is 18.5. The number of ether oxygens (including phenoxy) is 1. The molecule has 24 heavy (non-hydrogen) atoms. The summed E-state index contributed by atoms with van der Waals surface area (Å²) in [4.78, 5) is 13.5. The molecule has 134 valence electrons. The number of benzene rings is 1. The van der Waals surface area contributed by atoms with Gasteiger partial charge in [0.2, 0.25) is 0 Å². The zero-order chi connectivity index (χ0) is 18.0. The summed E-state index contributed by atoms with van der Waals surface area (Å²) < 4.78 is 43.1. The van der Waals surface area contributed by atoms with Gasteiger partial charge in [-0.05, 0) is 32.4 Å². The molecule has 0 atom stereocenters. The average Bonchev–Trinajstić information content (AvgIpc) is 2.38. The normalized spacial score (nSPS) is 16.6. The van der Waals surface area contributed by atoms with E-state index in [1.165, 1.54) is 12.1 Å². The molecular formula is C16H22F3N3O2. The van der Waals surface area contributed by atoms with Gasteiger partial charge in [-0.2, -0.15) is 13.2 Å². The van der Waals surface area contributed by atoms with E-state index in [1.807, 2.05) is 4.90 Å². The van der Waals surface area contributed by atoms with Crippen molar-refractivity contribution in [2.24, 2.45) is 0 Å². The Bertz CT molecular complexity index is 579. The number of carbonyl (C=O) groups excluding carboxylic acids is 1. The molecule has 1 heterocycles. The number of nitrogens with zero attached hydrogens (tertiary/aromatic N) is 1. The number of halogens is 3. The molecule has 0 radical (unpaired) electrons. The van der Waals surface area contributed by atoms with Crippen molar-refractivity contribution in [1.82, 2.24) is 15.8 Å². The molecule has 1 amide bonds. The Balaban J connectivity index is 1.73. The summed E-state index contributed by atoms with van der Waals surface area (Å²) in [7, 11) is 0. The fourth-order valence-electron chi connectivity index (χ4n) is 2.36. The quantitative estimate of drug-likeness (QED) is 0.824. The summed E-state index contributed by atoms with van der Waals surface area (Å²) in [5.41, 5.74) is 4.72. The maximum absolute atomic E-state index is 12.7. The zero-order valence-corrected chi connectivity index (χ0v) is 13.9. The van der Waals surface area contributed by atoms with Gasteiger partial charge in [0.15, 0.2) is 0 Å². The Morgan fingerprint density at radius 1 is 1.29 bits per heavy atom. The molecule has 2 N–H and O–H groups in total. The van der Waals surface area contributed by atoms with E-state index in [2.05, 4.69) is 10.9 Å². The number of nitrogens with one attached hydrogen (secondary N) is 2. The highest BCUT2D eigenvalue weighted by molar-refractivity contribution is 5.67. The second-order valence-corrected chi connectivity index (χ2v) is 6.86. The Hall–Kier alpha value is -1.80. The molecule has 0 aromatic heterocycles. The summed E-state index contributed by atoms with van der Waals surface area (Å²) in [5, 5.41) is 0. The van der Waals surface area contributed by atoms with E-state index in [0.29, 0.717) is 25.2 Å². The topological polar surface area (TPSA) is 53.6 Å². The summed E-state index contributed by atoms with van der Waals surface area (Å²) in [5.74, 6) is 0. The lowest BCUT2D eigenvalue weighted by Crippen LogP contribution is -2.61. The summed E-state index contributed by atoms with van der Waals surface area (Å²) >= 11 is 0. The van der Waals surface area contributed by atoms with Gasteiger partial charge < -0.3 is 4.74 Å². The fourth-order valence-corrected chi connectivity index (χ4v) is 2.36. The molecule has 1 aromatic rings. The van der Waals surface area contributed by atoms with Crippen LogP contribution in [0.4, 0.5) is 18.0 Å². The van der Waals surface area contributed by atoms with Crippen LogP contribution in [0.1, 0.15) is 31.9 Å². The third-order valence-electron chi connectivity index (χ3n) is 3.39. The number of rotatable bonds is 4. The number of hydrogen-bond acceptors (Lipinski definition) is 4. The van der Waals surface area contributed by atoms with Crippen molar-refractivity contribution in [2.45, 2.75) is 45.1 Å². The molecule has 1 aliphatic rings. The summed E-state index contributed by atoms with van der Waals surface area (Å²) in [6.07, 6.45) is -4.88. The lowest BCUT2D eigenvalue weighted by molar-refractivity contribution is -0.137. The minimum absolute atomic E-state index is 0.0447. The number of carbonyl (C=O) groups is 1. The molecule has 2 rings (SSSR count). The lowest BCUT2D eigenvalue weighted by atomic mass is 10.1. The van der Waals surface area contributed by atoms with E-state index in [9.17, 15) is 18.0 Å². The predicted octanol–water partition coefficient (Wildman–Crippen LogP) is 2.92. The summed E-state index contributed by atoms with van der Waals surface area (Å²) in [6.45, 7) is 7.01. The number of likely N-dealkylation sites (tertiary alicyclic amines) is 1. The van der Waals surface area contributed by atoms with E-state index >= 15 is 0 Å². The largest absolute Gasteiger partial charge is 0.443 e. The number of hydrogen-bond donors (Lipinski definition) is 2. The van der Waals surface area contributed by atoms with Crippen molar-refractivity contribution in [2.75, 3.05) is 13.1 Å². The predicted molar refractivity (Wildman–Crippen MR) is 83.0 cm³/mol. The third kappa shape index (κ3) is 5.68. The average molecular weight is 345 g/mol. The van der Waals surface area contributed by atoms with Crippen LogP contribution in [0.15, 0.2) is 24.3 Å². The van der Waals surface area contributed by atoms with Gasteiger partial charge >= 0.3 is 12.3 Å². The minimum Gasteiger partial charge on any atom is -0.443 e. The second kappa shape index (κ2) is 6.98. The Kier molecular flexibility index (Phi) is 5.39. The van der Waals surface area contributed by atoms with Gasteiger partial charge in [0.1, 0.15) is 5.60 Å². The van der Waals surface area contributed by atoms with Crippen LogP contribution in [0.2, 0.25) is 0 Å². The van der Waals surface area contributed by atoms with Crippen LogP contribution in [0, 0.1) is 0 Å². The van der Waals surface area contributed by atoms with E-state index in [1.54, 1.807) is 26.8 Å². The second-order valence-electron chi connectivity index (χ2n) is 6.86. The Labute approximate surface area is 139 Å². The van der Waals surface area contributed by atoms with Crippen LogP contribution in [0.3, 0.4) is 0 Å². The number of amides is 1. The van der Waals surface area contributed by atoms with Crippen molar-refractivity contribution in [3.8, 4) is 0 Å². The first-order valence-electron chi connectivity index (χ1n) is 7.66. The van der Waals surface area contributed by atoms with Crippen LogP contribution in [0.5, 0.6) is 0 Å². The van der Waals surface area contributed by atoms with Crippen molar-refractivity contribution < 1.29 is 22.7 Å². The van der Waals surface area contributed by atoms with E-state index < -0.39 is 23.4 Å². The molecule has 0 spiro atoms. The summed E-state index contributed by atoms with van der Waals surface area (Å²) in [6, 6.07) is 5.37. The van der Waals surface area contributed by atoms with Crippen LogP contribution in [-0.4, -0.2) is 35.7 Å². The Morgan fingerprint density at radius 2 is 1.96 bits per heavy atom. The maximum atomic E-state index is 12.7. The first-order valence-corrected chi connectivity index (χ1v) is 7.66. The van der Waals surface area contributed by atoms with Gasteiger partial charge in [-0.25, -0.2) is 10.2 Å². The van der Waals surface area contributed by atoms with Crippen molar-refractivity contribution in [3.63, 3.8) is 0 Å². The SMILES string of the molecule is CC(C)(C)OC(=O)NNC1CN(Cc2cccc(C(F)(F)F)c2)C1. The monoisotopic (exact) mass is 345 g/mol. The number of alkyl halides is 3. The van der Waals surface area contributed by atoms with Gasteiger partial charge in [0.25, 0.3) is 0 Å². The highest BCUT2D eigenvalue weighted by atomic mass is 19.4. The molecule has 0 unspecified atom stereocenters. The number of hydrazine groups is 1. The molecule has 1 fully saturated rings. The lowest BCUT2D eigenvalue weighted by Gasteiger charge is -2.39. The maximum Gasteiger partial charge on any atom is 0.422 e. The molecule has 0 bridgehead atoms. The van der Waals surface area contributed by atoms with Crippen molar-refractivity contribution in [1.29, 1.82) is 0 Å². The fraction of sp³-hybridized carbons (Fsp3) is 0.562. The molecule has 0 saturated carbocycles. The van der Waals surface area contributed by atoms with Crippen LogP contribution < -0.4 is 10.9 Å². The van der Waals surface area contributed by atoms with Gasteiger partial charge in [-0.15, -0.1) is 0 Å². The van der Waals surface area contributed by atoms with E-state index in [4.69, 9.17) is 4.74 Å².